The summed E-state index contributed by atoms with van der Waals surface area (Å²) in [7, 11) is 1.67. The predicted molar refractivity (Wildman–Crippen MR) is 74.4 cm³/mol. The summed E-state index contributed by atoms with van der Waals surface area (Å²) in [6.07, 6.45) is 3.86. The predicted octanol–water partition coefficient (Wildman–Crippen LogP) is 3.86. The molecule has 0 amide bonds. The molecule has 4 heteroatoms. The molecule has 1 unspecified atom stereocenters. The van der Waals surface area contributed by atoms with Crippen molar-refractivity contribution in [1.29, 1.82) is 0 Å². The van der Waals surface area contributed by atoms with E-state index in [4.69, 9.17) is 27.9 Å². The first kappa shape index (κ1) is 14.1. The quantitative estimate of drug-likeness (QED) is 0.912. The highest BCUT2D eigenvalue weighted by atomic mass is 35.5. The molecule has 2 nitrogen and oxygen atoms in total. The monoisotopic (exact) mass is 288 g/mol. The standard InChI is InChI=1S/C14H18Cl2O2/c1-18-14(7-2-3-8-14)13(17)9-10-11(15)5-4-6-12(10)16/h4-6,13,17H,2-3,7-9H2,1H3. The number of methoxy groups -OCH3 is 1. The van der Waals surface area contributed by atoms with Gasteiger partial charge in [-0.25, -0.2) is 0 Å². The van der Waals surface area contributed by atoms with Gasteiger partial charge in [0.1, 0.15) is 0 Å². The summed E-state index contributed by atoms with van der Waals surface area (Å²) < 4.78 is 5.58. The van der Waals surface area contributed by atoms with E-state index in [0.717, 1.165) is 31.2 Å². The molecule has 1 aromatic carbocycles. The van der Waals surface area contributed by atoms with Crippen LogP contribution in [-0.4, -0.2) is 23.9 Å². The van der Waals surface area contributed by atoms with Crippen molar-refractivity contribution in [2.45, 2.75) is 43.8 Å². The third kappa shape index (κ3) is 2.67. The molecule has 1 N–H and O–H groups in total. The number of halogens is 2. The van der Waals surface area contributed by atoms with E-state index >= 15 is 0 Å². The molecule has 0 heterocycles. The lowest BCUT2D eigenvalue weighted by Crippen LogP contribution is -2.43. The highest BCUT2D eigenvalue weighted by Gasteiger charge is 2.41. The Morgan fingerprint density at radius 3 is 2.33 bits per heavy atom. The van der Waals surface area contributed by atoms with E-state index < -0.39 is 11.7 Å². The van der Waals surface area contributed by atoms with Crippen LogP contribution in [0.5, 0.6) is 0 Å². The van der Waals surface area contributed by atoms with Crippen molar-refractivity contribution in [2.75, 3.05) is 7.11 Å². The summed E-state index contributed by atoms with van der Waals surface area (Å²) in [5, 5.41) is 11.7. The second-order valence-corrected chi connectivity index (χ2v) is 5.71. The van der Waals surface area contributed by atoms with E-state index in [-0.39, 0.29) is 0 Å². The van der Waals surface area contributed by atoms with Crippen LogP contribution in [0.1, 0.15) is 31.2 Å². The Labute approximate surface area is 118 Å². The summed E-state index contributed by atoms with van der Waals surface area (Å²) in [6.45, 7) is 0. The van der Waals surface area contributed by atoms with Gasteiger partial charge in [0.15, 0.2) is 0 Å². The van der Waals surface area contributed by atoms with Crippen molar-refractivity contribution in [2.24, 2.45) is 0 Å². The highest BCUT2D eigenvalue weighted by molar-refractivity contribution is 6.36. The van der Waals surface area contributed by atoms with Crippen molar-refractivity contribution in [3.63, 3.8) is 0 Å². The summed E-state index contributed by atoms with van der Waals surface area (Å²) in [5.74, 6) is 0. The summed E-state index contributed by atoms with van der Waals surface area (Å²) in [6, 6.07) is 5.40. The second kappa shape index (κ2) is 5.79. The zero-order valence-corrected chi connectivity index (χ0v) is 12.0. The van der Waals surface area contributed by atoms with Crippen LogP contribution >= 0.6 is 23.2 Å². The lowest BCUT2D eigenvalue weighted by molar-refractivity contribution is -0.0971. The first-order valence-corrected chi connectivity index (χ1v) is 7.01. The van der Waals surface area contributed by atoms with Crippen LogP contribution in [-0.2, 0) is 11.2 Å². The molecule has 1 saturated carbocycles. The number of hydrogen-bond donors (Lipinski definition) is 1. The first-order valence-electron chi connectivity index (χ1n) is 6.25. The highest BCUT2D eigenvalue weighted by Crippen LogP contribution is 2.38. The molecular formula is C14H18Cl2O2. The lowest BCUT2D eigenvalue weighted by atomic mass is 9.90. The molecule has 1 aliphatic carbocycles. The molecule has 0 aromatic heterocycles. The fourth-order valence-corrected chi connectivity index (χ4v) is 3.31. The molecule has 1 aromatic rings. The minimum absolute atomic E-state index is 0.428. The minimum Gasteiger partial charge on any atom is -0.390 e. The Morgan fingerprint density at radius 2 is 1.83 bits per heavy atom. The van der Waals surface area contributed by atoms with Gasteiger partial charge in [-0.2, -0.15) is 0 Å². The Kier molecular flexibility index (Phi) is 4.54. The van der Waals surface area contributed by atoms with Gasteiger partial charge in [-0.15, -0.1) is 0 Å². The largest absolute Gasteiger partial charge is 0.390 e. The lowest BCUT2D eigenvalue weighted by Gasteiger charge is -2.33. The van der Waals surface area contributed by atoms with E-state index in [9.17, 15) is 5.11 Å². The molecule has 0 aliphatic heterocycles. The number of aliphatic hydroxyl groups excluding tert-OH is 1. The van der Waals surface area contributed by atoms with E-state index in [1.54, 1.807) is 19.2 Å². The van der Waals surface area contributed by atoms with Gasteiger partial charge in [0, 0.05) is 23.6 Å². The molecule has 0 radical (unpaired) electrons. The van der Waals surface area contributed by atoms with Crippen LogP contribution in [0.4, 0.5) is 0 Å². The van der Waals surface area contributed by atoms with Gasteiger partial charge in [0.2, 0.25) is 0 Å². The molecule has 100 valence electrons. The van der Waals surface area contributed by atoms with E-state index in [0.29, 0.717) is 16.5 Å². The van der Waals surface area contributed by atoms with Crippen molar-refractivity contribution < 1.29 is 9.84 Å². The number of hydrogen-bond acceptors (Lipinski definition) is 2. The van der Waals surface area contributed by atoms with Gasteiger partial charge in [-0.3, -0.25) is 0 Å². The van der Waals surface area contributed by atoms with Crippen LogP contribution in [0, 0.1) is 0 Å². The smallest absolute Gasteiger partial charge is 0.0939 e. The summed E-state index contributed by atoms with van der Waals surface area (Å²) in [5.41, 5.74) is 0.374. The van der Waals surface area contributed by atoms with Crippen LogP contribution in [0.15, 0.2) is 18.2 Å². The minimum atomic E-state index is -0.567. The SMILES string of the molecule is COC1(C(O)Cc2c(Cl)cccc2Cl)CCCC1. The van der Waals surface area contributed by atoms with Crippen molar-refractivity contribution in [3.05, 3.63) is 33.8 Å². The van der Waals surface area contributed by atoms with Gasteiger partial charge in [0.05, 0.1) is 11.7 Å². The zero-order valence-electron chi connectivity index (χ0n) is 10.5. The van der Waals surface area contributed by atoms with Gasteiger partial charge < -0.3 is 9.84 Å². The topological polar surface area (TPSA) is 29.5 Å². The maximum absolute atomic E-state index is 10.5. The molecule has 2 rings (SSSR count). The van der Waals surface area contributed by atoms with Gasteiger partial charge in [-0.05, 0) is 30.5 Å². The average molecular weight is 289 g/mol. The van der Waals surface area contributed by atoms with E-state index in [2.05, 4.69) is 0 Å². The van der Waals surface area contributed by atoms with Crippen molar-refractivity contribution in [1.82, 2.24) is 0 Å². The van der Waals surface area contributed by atoms with Crippen LogP contribution in [0.25, 0.3) is 0 Å². The van der Waals surface area contributed by atoms with Crippen molar-refractivity contribution >= 4 is 23.2 Å². The van der Waals surface area contributed by atoms with E-state index in [1.807, 2.05) is 6.07 Å². The fraction of sp³-hybridized carbons (Fsp3) is 0.571. The molecule has 0 saturated heterocycles. The summed E-state index contributed by atoms with van der Waals surface area (Å²) in [4.78, 5) is 0. The maximum atomic E-state index is 10.5. The van der Waals surface area contributed by atoms with Gasteiger partial charge >= 0.3 is 0 Å². The number of benzene rings is 1. The third-order valence-electron chi connectivity index (χ3n) is 3.92. The number of rotatable bonds is 4. The van der Waals surface area contributed by atoms with Crippen molar-refractivity contribution in [3.8, 4) is 0 Å². The Balaban J connectivity index is 2.18. The van der Waals surface area contributed by atoms with Crippen LogP contribution < -0.4 is 0 Å². The Hall–Kier alpha value is -0.280. The molecule has 18 heavy (non-hydrogen) atoms. The summed E-state index contributed by atoms with van der Waals surface area (Å²) >= 11 is 12.3. The first-order chi connectivity index (χ1) is 8.59. The number of ether oxygens (including phenoxy) is 1. The second-order valence-electron chi connectivity index (χ2n) is 4.90. The molecular weight excluding hydrogens is 271 g/mol. The molecule has 0 bridgehead atoms. The zero-order chi connectivity index (χ0) is 13.2. The molecule has 1 aliphatic rings. The van der Waals surface area contributed by atoms with Crippen LogP contribution in [0.3, 0.4) is 0 Å². The molecule has 1 fully saturated rings. The Bertz CT molecular complexity index is 394. The van der Waals surface area contributed by atoms with Crippen LogP contribution in [0.2, 0.25) is 10.0 Å². The third-order valence-corrected chi connectivity index (χ3v) is 4.63. The molecule has 1 atom stereocenters. The van der Waals surface area contributed by atoms with E-state index in [1.165, 1.54) is 0 Å². The fourth-order valence-electron chi connectivity index (χ4n) is 2.75. The maximum Gasteiger partial charge on any atom is 0.0939 e. The van der Waals surface area contributed by atoms with Gasteiger partial charge in [0.25, 0.3) is 0 Å². The average Bonchev–Trinajstić information content (AvgIpc) is 2.84. The molecule has 0 spiro atoms. The van der Waals surface area contributed by atoms with Gasteiger partial charge in [-0.1, -0.05) is 42.1 Å². The Morgan fingerprint density at radius 1 is 1.28 bits per heavy atom. The number of aliphatic hydroxyl groups is 1. The normalized spacial score (nSPS) is 20.0.